The van der Waals surface area contributed by atoms with Crippen LogP contribution in [0, 0.1) is 0 Å². The van der Waals surface area contributed by atoms with Gasteiger partial charge in [-0.2, -0.15) is 0 Å². The molecule has 0 saturated heterocycles. The molecular weight excluding hydrogens is 363 g/mol. The summed E-state index contributed by atoms with van der Waals surface area (Å²) in [7, 11) is 0. The Kier molecular flexibility index (Phi) is 5.02. The van der Waals surface area contributed by atoms with Crippen molar-refractivity contribution >= 4 is 45.0 Å². The van der Waals surface area contributed by atoms with Gasteiger partial charge in [0.2, 0.25) is 0 Å². The number of amides is 1. The number of carbonyl (C=O) groups is 1. The second-order valence-corrected chi connectivity index (χ2v) is 5.94. The van der Waals surface area contributed by atoms with Crippen molar-refractivity contribution in [2.75, 3.05) is 0 Å². The van der Waals surface area contributed by atoms with Gasteiger partial charge in [-0.05, 0) is 30.7 Å². The summed E-state index contributed by atoms with van der Waals surface area (Å²) in [4.78, 5) is 16.0. The molecule has 2 rings (SSSR count). The molecule has 1 atom stereocenters. The minimum absolute atomic E-state index is 0.140. The number of pyridine rings is 1. The molecule has 0 aliphatic rings. The smallest absolute Gasteiger partial charge is 0.253 e. The zero-order valence-electron chi connectivity index (χ0n) is 10.5. The first kappa shape index (κ1) is 15.3. The fraction of sp³-hybridized carbons (Fsp3) is 0.143. The molecule has 0 saturated carbocycles. The van der Waals surface area contributed by atoms with Gasteiger partial charge >= 0.3 is 0 Å². The molecule has 0 fully saturated rings. The molecule has 3 nitrogen and oxygen atoms in total. The highest BCUT2D eigenvalue weighted by molar-refractivity contribution is 9.10. The molecule has 0 aliphatic carbocycles. The van der Waals surface area contributed by atoms with E-state index in [9.17, 15) is 4.79 Å². The van der Waals surface area contributed by atoms with Crippen molar-refractivity contribution in [3.05, 3.63) is 62.3 Å². The van der Waals surface area contributed by atoms with Gasteiger partial charge in [-0.1, -0.05) is 51.3 Å². The van der Waals surface area contributed by atoms with Crippen LogP contribution in [0.15, 0.2) is 41.0 Å². The normalized spacial score (nSPS) is 12.0. The molecule has 0 unspecified atom stereocenters. The predicted octanol–water partition coefficient (Wildman–Crippen LogP) is 4.64. The van der Waals surface area contributed by atoms with Gasteiger partial charge in [0, 0.05) is 10.7 Å². The fourth-order valence-electron chi connectivity index (χ4n) is 1.70. The van der Waals surface area contributed by atoms with Crippen LogP contribution in [0.2, 0.25) is 10.2 Å². The zero-order chi connectivity index (χ0) is 14.7. The van der Waals surface area contributed by atoms with Crippen LogP contribution in [-0.2, 0) is 0 Å². The number of carbonyl (C=O) groups excluding carboxylic acids is 1. The van der Waals surface area contributed by atoms with Crippen LogP contribution in [0.3, 0.4) is 0 Å². The molecular formula is C14H11BrCl2N2O. The Morgan fingerprint density at radius 2 is 1.95 bits per heavy atom. The maximum absolute atomic E-state index is 12.2. The molecule has 1 amide bonds. The lowest BCUT2D eigenvalue weighted by atomic mass is 10.1. The zero-order valence-corrected chi connectivity index (χ0v) is 13.6. The summed E-state index contributed by atoms with van der Waals surface area (Å²) in [6.07, 6.45) is 1.36. The lowest BCUT2D eigenvalue weighted by molar-refractivity contribution is 0.0940. The molecule has 1 heterocycles. The van der Waals surface area contributed by atoms with Crippen molar-refractivity contribution in [1.29, 1.82) is 0 Å². The maximum Gasteiger partial charge on any atom is 0.253 e. The average molecular weight is 374 g/mol. The molecule has 1 aromatic carbocycles. The first-order chi connectivity index (χ1) is 9.47. The number of aromatic nitrogens is 1. The highest BCUT2D eigenvalue weighted by atomic mass is 79.9. The van der Waals surface area contributed by atoms with Gasteiger partial charge in [0.05, 0.1) is 16.6 Å². The van der Waals surface area contributed by atoms with E-state index in [1.165, 1.54) is 12.3 Å². The number of benzene rings is 1. The van der Waals surface area contributed by atoms with E-state index in [2.05, 4.69) is 26.2 Å². The van der Waals surface area contributed by atoms with Gasteiger partial charge in [0.25, 0.3) is 5.91 Å². The standard InChI is InChI=1S/C14H11BrCl2N2O/c1-8(9-2-4-10(15)5-3-9)19-14(20)11-6-13(17)18-7-12(11)16/h2-8H,1H3,(H,19,20)/t8-/m1/s1. The average Bonchev–Trinajstić information content (AvgIpc) is 2.42. The van der Waals surface area contributed by atoms with Crippen LogP contribution < -0.4 is 5.32 Å². The molecule has 0 spiro atoms. The Morgan fingerprint density at radius 1 is 1.30 bits per heavy atom. The highest BCUT2D eigenvalue weighted by Crippen LogP contribution is 2.20. The summed E-state index contributed by atoms with van der Waals surface area (Å²) in [6.45, 7) is 1.90. The Labute approximate surface area is 135 Å². The van der Waals surface area contributed by atoms with Gasteiger partial charge in [0.1, 0.15) is 5.15 Å². The monoisotopic (exact) mass is 372 g/mol. The fourth-order valence-corrected chi connectivity index (χ4v) is 2.31. The number of nitrogens with one attached hydrogen (secondary N) is 1. The van der Waals surface area contributed by atoms with Crippen LogP contribution in [0.1, 0.15) is 28.9 Å². The molecule has 6 heteroatoms. The van der Waals surface area contributed by atoms with Crippen molar-refractivity contribution in [3.63, 3.8) is 0 Å². The quantitative estimate of drug-likeness (QED) is 0.796. The highest BCUT2D eigenvalue weighted by Gasteiger charge is 2.15. The Balaban J connectivity index is 2.15. The first-order valence-corrected chi connectivity index (χ1v) is 7.39. The van der Waals surface area contributed by atoms with Crippen molar-refractivity contribution < 1.29 is 4.79 Å². The summed E-state index contributed by atoms with van der Waals surface area (Å²) in [5.74, 6) is -0.283. The summed E-state index contributed by atoms with van der Waals surface area (Å²) in [5.41, 5.74) is 1.31. The molecule has 0 aliphatic heterocycles. The number of hydrogen-bond donors (Lipinski definition) is 1. The van der Waals surface area contributed by atoms with Crippen LogP contribution >= 0.6 is 39.1 Å². The van der Waals surface area contributed by atoms with Crippen molar-refractivity contribution in [1.82, 2.24) is 10.3 Å². The predicted molar refractivity (Wildman–Crippen MR) is 84.3 cm³/mol. The largest absolute Gasteiger partial charge is 0.345 e. The first-order valence-electron chi connectivity index (χ1n) is 5.84. The van der Waals surface area contributed by atoms with E-state index in [1.807, 2.05) is 31.2 Å². The molecule has 20 heavy (non-hydrogen) atoms. The Hall–Kier alpha value is -1.10. The van der Waals surface area contributed by atoms with E-state index in [0.29, 0.717) is 5.56 Å². The minimum atomic E-state index is -0.283. The third-order valence-corrected chi connectivity index (χ3v) is 3.82. The van der Waals surface area contributed by atoms with E-state index in [0.717, 1.165) is 10.0 Å². The number of rotatable bonds is 3. The van der Waals surface area contributed by atoms with Gasteiger partial charge in [-0.25, -0.2) is 4.98 Å². The second kappa shape index (κ2) is 6.57. The second-order valence-electron chi connectivity index (χ2n) is 4.23. The van der Waals surface area contributed by atoms with Crippen LogP contribution in [0.25, 0.3) is 0 Å². The summed E-state index contributed by atoms with van der Waals surface area (Å²) in [6, 6.07) is 9.04. The topological polar surface area (TPSA) is 42.0 Å². The number of halogens is 3. The van der Waals surface area contributed by atoms with E-state index >= 15 is 0 Å². The summed E-state index contributed by atoms with van der Waals surface area (Å²) >= 11 is 15.1. The van der Waals surface area contributed by atoms with Gasteiger partial charge in [0.15, 0.2) is 0 Å². The van der Waals surface area contributed by atoms with Crippen LogP contribution in [0.5, 0.6) is 0 Å². The molecule has 104 valence electrons. The minimum Gasteiger partial charge on any atom is -0.345 e. The third kappa shape index (κ3) is 3.72. The number of nitrogens with zero attached hydrogens (tertiary/aromatic N) is 1. The van der Waals surface area contributed by atoms with Crippen molar-refractivity contribution in [2.24, 2.45) is 0 Å². The number of hydrogen-bond acceptors (Lipinski definition) is 2. The van der Waals surface area contributed by atoms with Gasteiger partial charge in [-0.15, -0.1) is 0 Å². The molecule has 0 bridgehead atoms. The lowest BCUT2D eigenvalue weighted by Crippen LogP contribution is -2.27. The van der Waals surface area contributed by atoms with Gasteiger partial charge < -0.3 is 5.32 Å². The van der Waals surface area contributed by atoms with Crippen LogP contribution in [0.4, 0.5) is 0 Å². The van der Waals surface area contributed by atoms with Gasteiger partial charge in [-0.3, -0.25) is 4.79 Å². The van der Waals surface area contributed by atoms with E-state index < -0.39 is 0 Å². The summed E-state index contributed by atoms with van der Waals surface area (Å²) in [5, 5.41) is 3.38. The molecule has 0 radical (unpaired) electrons. The summed E-state index contributed by atoms with van der Waals surface area (Å²) < 4.78 is 0.990. The third-order valence-electron chi connectivity index (χ3n) is 2.78. The lowest BCUT2D eigenvalue weighted by Gasteiger charge is -2.15. The van der Waals surface area contributed by atoms with Crippen LogP contribution in [-0.4, -0.2) is 10.9 Å². The Bertz CT molecular complexity index is 632. The molecule has 1 aromatic heterocycles. The van der Waals surface area contributed by atoms with E-state index in [1.54, 1.807) is 0 Å². The van der Waals surface area contributed by atoms with E-state index in [-0.39, 0.29) is 22.1 Å². The molecule has 2 aromatic rings. The Morgan fingerprint density at radius 3 is 2.60 bits per heavy atom. The van der Waals surface area contributed by atoms with Crippen molar-refractivity contribution in [2.45, 2.75) is 13.0 Å². The SMILES string of the molecule is C[C@@H](NC(=O)c1cc(Cl)ncc1Cl)c1ccc(Br)cc1. The van der Waals surface area contributed by atoms with Crippen molar-refractivity contribution in [3.8, 4) is 0 Å². The maximum atomic E-state index is 12.2. The van der Waals surface area contributed by atoms with E-state index in [4.69, 9.17) is 23.2 Å². The molecule has 1 N–H and O–H groups in total.